The lowest BCUT2D eigenvalue weighted by Crippen LogP contribution is -2.39. The number of hydrogen-bond acceptors (Lipinski definition) is 7. The summed E-state index contributed by atoms with van der Waals surface area (Å²) in [5.41, 5.74) is 2.94. The minimum atomic E-state index is -0.674. The molecule has 1 atom stereocenters. The molecule has 0 aliphatic carbocycles. The van der Waals surface area contributed by atoms with Crippen molar-refractivity contribution in [3.8, 4) is 11.1 Å². The van der Waals surface area contributed by atoms with Gasteiger partial charge in [0.2, 0.25) is 0 Å². The van der Waals surface area contributed by atoms with E-state index in [4.69, 9.17) is 14.1 Å². The molecule has 0 amide bonds. The van der Waals surface area contributed by atoms with Gasteiger partial charge in [-0.15, -0.1) is 11.3 Å². The second kappa shape index (κ2) is 10.4. The number of nitrogens with zero attached hydrogens (tertiary/aromatic N) is 2. The van der Waals surface area contributed by atoms with Crippen molar-refractivity contribution < 1.29 is 14.3 Å². The van der Waals surface area contributed by atoms with E-state index in [-0.39, 0.29) is 18.2 Å². The van der Waals surface area contributed by atoms with E-state index in [0.29, 0.717) is 30.9 Å². The fourth-order valence-corrected chi connectivity index (χ4v) is 4.76. The number of rotatable bonds is 10. The molecule has 8 heteroatoms. The van der Waals surface area contributed by atoms with Crippen LogP contribution >= 0.6 is 11.3 Å². The van der Waals surface area contributed by atoms with Crippen molar-refractivity contribution in [2.24, 2.45) is 0 Å². The van der Waals surface area contributed by atoms with Crippen molar-refractivity contribution in [1.29, 1.82) is 0 Å². The highest BCUT2D eigenvalue weighted by atomic mass is 32.1. The maximum absolute atomic E-state index is 13.0. The van der Waals surface area contributed by atoms with Crippen LogP contribution in [0.2, 0.25) is 0 Å². The Hall–Kier alpha value is -2.78. The third kappa shape index (κ3) is 5.59. The van der Waals surface area contributed by atoms with Crippen LogP contribution in [0.25, 0.3) is 21.3 Å². The van der Waals surface area contributed by atoms with E-state index in [0.717, 1.165) is 27.3 Å². The van der Waals surface area contributed by atoms with Gasteiger partial charge < -0.3 is 19.2 Å². The third-order valence-corrected chi connectivity index (χ3v) is 6.46. The zero-order valence-electron chi connectivity index (χ0n) is 19.1. The van der Waals surface area contributed by atoms with E-state index in [1.54, 1.807) is 12.3 Å². The monoisotopic (exact) mass is 467 g/mol. The highest BCUT2D eigenvalue weighted by Gasteiger charge is 2.19. The summed E-state index contributed by atoms with van der Waals surface area (Å²) in [5, 5.41) is 13.1. The number of aromatic nitrogens is 2. The molecule has 4 rings (SSSR count). The second-order valence-electron chi connectivity index (χ2n) is 8.43. The minimum absolute atomic E-state index is 0.138. The summed E-state index contributed by atoms with van der Waals surface area (Å²) in [4.78, 5) is 23.5. The largest absolute Gasteiger partial charge is 0.467 e. The van der Waals surface area contributed by atoms with Crippen molar-refractivity contribution in [2.45, 2.75) is 46.1 Å². The van der Waals surface area contributed by atoms with Gasteiger partial charge in [-0.3, -0.25) is 9.69 Å². The van der Waals surface area contributed by atoms with E-state index >= 15 is 0 Å². The predicted molar refractivity (Wildman–Crippen MR) is 130 cm³/mol. The van der Waals surface area contributed by atoms with Gasteiger partial charge in [-0.1, -0.05) is 24.3 Å². The highest BCUT2D eigenvalue weighted by molar-refractivity contribution is 7.17. The quantitative estimate of drug-likeness (QED) is 0.360. The van der Waals surface area contributed by atoms with Gasteiger partial charge in [-0.25, -0.2) is 4.98 Å². The lowest BCUT2D eigenvalue weighted by molar-refractivity contribution is -0.00158. The van der Waals surface area contributed by atoms with Gasteiger partial charge in [0, 0.05) is 23.5 Å². The fourth-order valence-electron chi connectivity index (χ4n) is 3.81. The number of nitrogens with one attached hydrogen (secondary N) is 1. The number of furan rings is 1. The van der Waals surface area contributed by atoms with E-state index < -0.39 is 6.10 Å². The van der Waals surface area contributed by atoms with Crippen LogP contribution in [0, 0.1) is 6.92 Å². The summed E-state index contributed by atoms with van der Waals surface area (Å²) < 4.78 is 10.8. The summed E-state index contributed by atoms with van der Waals surface area (Å²) >= 11 is 1.48. The molecular weight excluding hydrogens is 438 g/mol. The van der Waals surface area contributed by atoms with Crippen LogP contribution in [0.5, 0.6) is 0 Å². The van der Waals surface area contributed by atoms with Crippen LogP contribution in [0.4, 0.5) is 0 Å². The van der Waals surface area contributed by atoms with Crippen molar-refractivity contribution >= 4 is 21.6 Å². The Kier molecular flexibility index (Phi) is 7.39. The van der Waals surface area contributed by atoms with Gasteiger partial charge >= 0.3 is 0 Å². The summed E-state index contributed by atoms with van der Waals surface area (Å²) in [7, 11) is 0. The molecule has 0 saturated carbocycles. The number of fused-ring (bicyclic) bond motifs is 1. The summed E-state index contributed by atoms with van der Waals surface area (Å²) in [6, 6.07) is 11.8. The molecule has 0 saturated heterocycles. The Morgan fingerprint density at radius 3 is 2.76 bits per heavy atom. The maximum atomic E-state index is 13.0. The van der Waals surface area contributed by atoms with E-state index in [2.05, 4.69) is 23.7 Å². The number of hydrogen-bond donors (Lipinski definition) is 2. The Morgan fingerprint density at radius 1 is 1.21 bits per heavy atom. The number of H-pyrrole nitrogens is 1. The molecule has 0 spiro atoms. The van der Waals surface area contributed by atoms with Crippen molar-refractivity contribution in [3.05, 3.63) is 75.5 Å². The molecular formula is C25H29N3O4S. The van der Waals surface area contributed by atoms with Gasteiger partial charge in [0.15, 0.2) is 0 Å². The second-order valence-corrected chi connectivity index (χ2v) is 9.29. The van der Waals surface area contributed by atoms with Crippen molar-refractivity contribution in [2.75, 3.05) is 13.2 Å². The number of aryl methyl sites for hydroxylation is 1. The van der Waals surface area contributed by atoms with E-state index in [1.165, 1.54) is 11.3 Å². The Bertz CT molecular complexity index is 1250. The lowest BCUT2D eigenvalue weighted by Gasteiger charge is -2.28. The van der Waals surface area contributed by atoms with Crippen molar-refractivity contribution in [3.63, 3.8) is 0 Å². The van der Waals surface area contributed by atoms with Crippen LogP contribution < -0.4 is 5.56 Å². The number of aromatic amines is 1. The molecule has 4 aromatic rings. The van der Waals surface area contributed by atoms with Crippen LogP contribution in [-0.4, -0.2) is 45.3 Å². The van der Waals surface area contributed by atoms with Crippen LogP contribution in [0.1, 0.15) is 31.0 Å². The van der Waals surface area contributed by atoms with Crippen molar-refractivity contribution in [1.82, 2.24) is 14.9 Å². The standard InChI is InChI=1S/C25H29N3O4S/c1-16(2)28(11-18(29)13-31-14-19-8-6-10-32-19)12-22-26-24(30)23-21(15-33-25(23)27-22)20-9-5-4-7-17(20)3/h4-10,15-16,18,29H,11-14H2,1-3H3,(H,26,27,30). The number of benzene rings is 1. The van der Waals surface area contributed by atoms with E-state index in [1.807, 2.05) is 42.6 Å². The average Bonchev–Trinajstić information content (AvgIpc) is 3.44. The zero-order valence-corrected chi connectivity index (χ0v) is 19.9. The molecule has 0 radical (unpaired) electrons. The molecule has 33 heavy (non-hydrogen) atoms. The summed E-state index contributed by atoms with van der Waals surface area (Å²) in [6.45, 7) is 7.48. The summed E-state index contributed by atoms with van der Waals surface area (Å²) in [6.07, 6.45) is 0.921. The minimum Gasteiger partial charge on any atom is -0.467 e. The van der Waals surface area contributed by atoms with Crippen LogP contribution in [-0.2, 0) is 17.9 Å². The first-order chi connectivity index (χ1) is 15.9. The molecule has 2 N–H and O–H groups in total. The Balaban J connectivity index is 1.47. The number of ether oxygens (including phenoxy) is 1. The van der Waals surface area contributed by atoms with Gasteiger partial charge in [-0.05, 0) is 44.0 Å². The molecule has 7 nitrogen and oxygen atoms in total. The number of aliphatic hydroxyl groups excluding tert-OH is 1. The first-order valence-electron chi connectivity index (χ1n) is 11.0. The molecule has 0 aliphatic heterocycles. The SMILES string of the molecule is Cc1ccccc1-c1csc2nc(CN(CC(O)COCc3ccco3)C(C)C)[nH]c(=O)c12. The number of thiophene rings is 1. The zero-order chi connectivity index (χ0) is 23.4. The smallest absolute Gasteiger partial charge is 0.260 e. The molecule has 1 aromatic carbocycles. The highest BCUT2D eigenvalue weighted by Crippen LogP contribution is 2.32. The van der Waals surface area contributed by atoms with Crippen LogP contribution in [0.3, 0.4) is 0 Å². The molecule has 0 aliphatic rings. The Morgan fingerprint density at radius 2 is 2.03 bits per heavy atom. The number of aliphatic hydroxyl groups is 1. The molecule has 1 unspecified atom stereocenters. The van der Waals surface area contributed by atoms with Gasteiger partial charge in [0.05, 0.1) is 30.9 Å². The van der Waals surface area contributed by atoms with Gasteiger partial charge in [0.25, 0.3) is 5.56 Å². The molecule has 0 fully saturated rings. The topological polar surface area (TPSA) is 91.6 Å². The molecule has 3 heterocycles. The average molecular weight is 468 g/mol. The van der Waals surface area contributed by atoms with E-state index in [9.17, 15) is 9.90 Å². The first kappa shape index (κ1) is 23.4. The summed E-state index contributed by atoms with van der Waals surface area (Å²) in [5.74, 6) is 1.31. The van der Waals surface area contributed by atoms with Gasteiger partial charge in [-0.2, -0.15) is 0 Å². The maximum Gasteiger partial charge on any atom is 0.260 e. The lowest BCUT2D eigenvalue weighted by atomic mass is 10.0. The third-order valence-electron chi connectivity index (χ3n) is 5.59. The normalized spacial score (nSPS) is 12.8. The van der Waals surface area contributed by atoms with Gasteiger partial charge in [0.1, 0.15) is 23.0 Å². The molecule has 174 valence electrons. The van der Waals surface area contributed by atoms with Crippen LogP contribution in [0.15, 0.2) is 57.3 Å². The Labute approximate surface area is 196 Å². The molecule has 3 aromatic heterocycles. The molecule has 0 bridgehead atoms. The first-order valence-corrected chi connectivity index (χ1v) is 11.9. The fraction of sp³-hybridized carbons (Fsp3) is 0.360. The predicted octanol–water partition coefficient (Wildman–Crippen LogP) is 4.34.